The molecule has 0 fully saturated rings. The van der Waals surface area contributed by atoms with Crippen molar-refractivity contribution in [3.8, 4) is 17.6 Å². The van der Waals surface area contributed by atoms with E-state index in [4.69, 9.17) is 10.00 Å². The summed E-state index contributed by atoms with van der Waals surface area (Å²) in [6, 6.07) is 10.3. The van der Waals surface area contributed by atoms with Gasteiger partial charge in [0.15, 0.2) is 11.6 Å². The van der Waals surface area contributed by atoms with Gasteiger partial charge in [0.1, 0.15) is 17.6 Å². The summed E-state index contributed by atoms with van der Waals surface area (Å²) < 4.78 is 31.2. The van der Waals surface area contributed by atoms with Gasteiger partial charge in [-0.2, -0.15) is 5.26 Å². The van der Waals surface area contributed by atoms with E-state index in [9.17, 15) is 8.78 Å². The van der Waals surface area contributed by atoms with Crippen LogP contribution in [-0.4, -0.2) is 0 Å². The minimum atomic E-state index is -0.993. The van der Waals surface area contributed by atoms with Crippen molar-refractivity contribution in [2.75, 3.05) is 0 Å². The molecule has 19 heavy (non-hydrogen) atoms. The lowest BCUT2D eigenvalue weighted by Crippen LogP contribution is -1.92. The molecule has 0 aliphatic heterocycles. The summed E-state index contributed by atoms with van der Waals surface area (Å²) in [5.74, 6) is -1.49. The summed E-state index contributed by atoms with van der Waals surface area (Å²) in [7, 11) is 0. The Kier molecular flexibility index (Phi) is 4.13. The molecule has 0 aromatic heterocycles. The number of nitriles is 1. The summed E-state index contributed by atoms with van der Waals surface area (Å²) in [5, 5.41) is 9.65. The molecule has 0 amide bonds. The molecule has 2 aromatic carbocycles. The molecule has 96 valence electrons. The maximum Gasteiger partial charge on any atom is 0.162 e. The predicted molar refractivity (Wildman–Crippen MR) is 70.2 cm³/mol. The van der Waals surface area contributed by atoms with Crippen molar-refractivity contribution in [1.82, 2.24) is 0 Å². The molecule has 0 saturated heterocycles. The number of alkyl halides is 1. The molecule has 0 spiro atoms. The van der Waals surface area contributed by atoms with E-state index in [1.807, 2.05) is 6.07 Å². The van der Waals surface area contributed by atoms with Crippen molar-refractivity contribution < 1.29 is 13.5 Å². The highest BCUT2D eigenvalue weighted by atomic mass is 79.9. The molecule has 2 nitrogen and oxygen atoms in total. The predicted octanol–water partition coefficient (Wildman–Crippen LogP) is 4.52. The van der Waals surface area contributed by atoms with E-state index < -0.39 is 11.6 Å². The van der Waals surface area contributed by atoms with E-state index in [0.717, 1.165) is 17.7 Å². The fourth-order valence-corrected chi connectivity index (χ4v) is 1.85. The van der Waals surface area contributed by atoms with Crippen LogP contribution >= 0.6 is 15.9 Å². The lowest BCUT2D eigenvalue weighted by atomic mass is 10.1. The van der Waals surface area contributed by atoms with E-state index in [1.54, 1.807) is 18.2 Å². The second-order valence-corrected chi connectivity index (χ2v) is 4.31. The Labute approximate surface area is 117 Å². The van der Waals surface area contributed by atoms with E-state index in [1.165, 1.54) is 6.07 Å². The van der Waals surface area contributed by atoms with Crippen LogP contribution in [0.5, 0.6) is 11.5 Å². The van der Waals surface area contributed by atoms with Crippen molar-refractivity contribution in [1.29, 1.82) is 5.26 Å². The first-order chi connectivity index (χ1) is 9.13. The van der Waals surface area contributed by atoms with Crippen LogP contribution in [0, 0.1) is 23.0 Å². The third kappa shape index (κ3) is 3.09. The molecule has 0 unspecified atom stereocenters. The van der Waals surface area contributed by atoms with Gasteiger partial charge in [0.2, 0.25) is 0 Å². The van der Waals surface area contributed by atoms with Crippen molar-refractivity contribution in [3.63, 3.8) is 0 Å². The number of nitrogens with zero attached hydrogens (tertiary/aromatic N) is 1. The van der Waals surface area contributed by atoms with Crippen LogP contribution in [0.2, 0.25) is 0 Å². The van der Waals surface area contributed by atoms with Crippen LogP contribution in [0.4, 0.5) is 8.78 Å². The fourth-order valence-electron chi connectivity index (χ4n) is 1.50. The van der Waals surface area contributed by atoms with Gasteiger partial charge in [-0.3, -0.25) is 0 Å². The molecule has 0 saturated carbocycles. The Balaban J connectivity index is 2.33. The maximum absolute atomic E-state index is 13.1. The first-order valence-electron chi connectivity index (χ1n) is 5.36. The summed E-state index contributed by atoms with van der Waals surface area (Å²) in [6.07, 6.45) is 0. The molecule has 0 heterocycles. The Hall–Kier alpha value is -1.93. The first kappa shape index (κ1) is 13.5. The van der Waals surface area contributed by atoms with Crippen molar-refractivity contribution in [3.05, 3.63) is 59.2 Å². The van der Waals surface area contributed by atoms with Crippen LogP contribution in [0.3, 0.4) is 0 Å². The molecule has 2 rings (SSSR count). The zero-order valence-corrected chi connectivity index (χ0v) is 11.2. The quantitative estimate of drug-likeness (QED) is 0.778. The maximum atomic E-state index is 13.1. The molecule has 5 heteroatoms. The van der Waals surface area contributed by atoms with Crippen LogP contribution in [0.25, 0.3) is 0 Å². The van der Waals surface area contributed by atoms with E-state index in [-0.39, 0.29) is 5.75 Å². The van der Waals surface area contributed by atoms with Gasteiger partial charge >= 0.3 is 0 Å². The van der Waals surface area contributed by atoms with Crippen LogP contribution in [0.15, 0.2) is 36.4 Å². The highest BCUT2D eigenvalue weighted by Gasteiger charge is 2.08. The molecular weight excluding hydrogens is 316 g/mol. The van der Waals surface area contributed by atoms with Crippen molar-refractivity contribution in [2.45, 2.75) is 5.33 Å². The van der Waals surface area contributed by atoms with Gasteiger partial charge in [-0.1, -0.05) is 22.0 Å². The van der Waals surface area contributed by atoms with E-state index in [2.05, 4.69) is 15.9 Å². The second-order valence-electron chi connectivity index (χ2n) is 3.75. The smallest absolute Gasteiger partial charge is 0.162 e. The van der Waals surface area contributed by atoms with Crippen molar-refractivity contribution >= 4 is 15.9 Å². The Morgan fingerprint density at radius 2 is 1.89 bits per heavy atom. The van der Waals surface area contributed by atoms with Crippen LogP contribution < -0.4 is 4.74 Å². The number of hydrogen-bond donors (Lipinski definition) is 0. The molecule has 0 atom stereocenters. The van der Waals surface area contributed by atoms with Crippen LogP contribution in [-0.2, 0) is 5.33 Å². The third-order valence-electron chi connectivity index (χ3n) is 2.44. The highest BCUT2D eigenvalue weighted by Crippen LogP contribution is 2.27. The minimum Gasteiger partial charge on any atom is -0.456 e. The van der Waals surface area contributed by atoms with Gasteiger partial charge in [0.05, 0.1) is 5.56 Å². The van der Waals surface area contributed by atoms with Gasteiger partial charge in [-0.25, -0.2) is 8.78 Å². The van der Waals surface area contributed by atoms with Gasteiger partial charge in [0.25, 0.3) is 0 Å². The average molecular weight is 324 g/mol. The minimum absolute atomic E-state index is 0.141. The van der Waals surface area contributed by atoms with Gasteiger partial charge in [-0.15, -0.1) is 0 Å². The molecule has 0 bridgehead atoms. The highest BCUT2D eigenvalue weighted by molar-refractivity contribution is 9.08. The summed E-state index contributed by atoms with van der Waals surface area (Å²) in [5.41, 5.74) is 1.26. The summed E-state index contributed by atoms with van der Waals surface area (Å²) in [4.78, 5) is 0. The zero-order valence-electron chi connectivity index (χ0n) is 9.66. The normalized spacial score (nSPS) is 10.0. The summed E-state index contributed by atoms with van der Waals surface area (Å²) in [6.45, 7) is 0. The second kappa shape index (κ2) is 5.81. The lowest BCUT2D eigenvalue weighted by Gasteiger charge is -2.08. The summed E-state index contributed by atoms with van der Waals surface area (Å²) >= 11 is 3.29. The molecule has 0 aliphatic rings. The largest absolute Gasteiger partial charge is 0.456 e. The van der Waals surface area contributed by atoms with Gasteiger partial charge in [-0.05, 0) is 29.8 Å². The lowest BCUT2D eigenvalue weighted by molar-refractivity contribution is 0.460. The topological polar surface area (TPSA) is 33.0 Å². The molecule has 2 aromatic rings. The number of benzene rings is 2. The molecular formula is C14H8BrF2NO. The standard InChI is InChI=1S/C14H8BrF2NO/c15-7-9-1-4-14(10(5-9)8-18)19-11-2-3-12(16)13(17)6-11/h1-6H,7H2. The van der Waals surface area contributed by atoms with Crippen LogP contribution in [0.1, 0.15) is 11.1 Å². The number of halogens is 3. The number of rotatable bonds is 3. The Morgan fingerprint density at radius 1 is 1.11 bits per heavy atom. The third-order valence-corrected chi connectivity index (χ3v) is 3.09. The monoisotopic (exact) mass is 323 g/mol. The van der Waals surface area contributed by atoms with Gasteiger partial charge in [0, 0.05) is 11.4 Å². The number of ether oxygens (including phenoxy) is 1. The fraction of sp³-hybridized carbons (Fsp3) is 0.0714. The molecule has 0 N–H and O–H groups in total. The average Bonchev–Trinajstić information content (AvgIpc) is 2.43. The Morgan fingerprint density at radius 3 is 2.53 bits per heavy atom. The molecule has 0 aliphatic carbocycles. The Bertz CT molecular complexity index is 652. The zero-order chi connectivity index (χ0) is 13.8. The molecule has 0 radical (unpaired) electrons. The SMILES string of the molecule is N#Cc1cc(CBr)ccc1Oc1ccc(F)c(F)c1. The van der Waals surface area contributed by atoms with Gasteiger partial charge < -0.3 is 4.74 Å². The number of hydrogen-bond acceptors (Lipinski definition) is 2. The van der Waals surface area contributed by atoms with E-state index >= 15 is 0 Å². The first-order valence-corrected chi connectivity index (χ1v) is 6.48. The van der Waals surface area contributed by atoms with E-state index in [0.29, 0.717) is 16.6 Å². The van der Waals surface area contributed by atoms with Crippen molar-refractivity contribution in [2.24, 2.45) is 0 Å².